The topological polar surface area (TPSA) is 84.5 Å². The summed E-state index contributed by atoms with van der Waals surface area (Å²) >= 11 is 5.97. The average molecular weight is 379 g/mol. The Balaban J connectivity index is 1.68. The summed E-state index contributed by atoms with van der Waals surface area (Å²) in [6.07, 6.45) is 0. The van der Waals surface area contributed by atoms with Gasteiger partial charge in [-0.3, -0.25) is 14.4 Å². The molecule has 0 saturated heterocycles. The molecule has 0 heterocycles. The van der Waals surface area contributed by atoms with Crippen molar-refractivity contribution < 1.29 is 23.5 Å². The summed E-state index contributed by atoms with van der Waals surface area (Å²) in [4.78, 5) is 35.0. The summed E-state index contributed by atoms with van der Waals surface area (Å²) in [6, 6.07) is 11.9. The Morgan fingerprint density at radius 2 is 1.69 bits per heavy atom. The maximum Gasteiger partial charge on any atom is 0.325 e. The molecule has 26 heavy (non-hydrogen) atoms. The molecule has 0 bridgehead atoms. The molecule has 136 valence electrons. The lowest BCUT2D eigenvalue weighted by Crippen LogP contribution is -2.33. The van der Waals surface area contributed by atoms with Gasteiger partial charge in [-0.2, -0.15) is 0 Å². The minimum absolute atomic E-state index is 0.205. The molecule has 2 amide bonds. The van der Waals surface area contributed by atoms with Crippen LogP contribution < -0.4 is 10.6 Å². The van der Waals surface area contributed by atoms with Crippen molar-refractivity contribution in [2.45, 2.75) is 6.54 Å². The third-order valence-corrected chi connectivity index (χ3v) is 3.67. The predicted molar refractivity (Wildman–Crippen MR) is 93.0 cm³/mol. The number of amides is 2. The van der Waals surface area contributed by atoms with Gasteiger partial charge in [0.1, 0.15) is 12.4 Å². The van der Waals surface area contributed by atoms with Crippen LogP contribution in [0.15, 0.2) is 48.5 Å². The van der Waals surface area contributed by atoms with Crippen LogP contribution in [0.2, 0.25) is 5.02 Å². The summed E-state index contributed by atoms with van der Waals surface area (Å²) in [5.41, 5.74) is 0.942. The zero-order chi connectivity index (χ0) is 18.9. The quantitative estimate of drug-likeness (QED) is 0.722. The highest BCUT2D eigenvalue weighted by Crippen LogP contribution is 2.14. The molecule has 0 aliphatic carbocycles. The Morgan fingerprint density at radius 1 is 1.00 bits per heavy atom. The van der Waals surface area contributed by atoms with Gasteiger partial charge in [0, 0.05) is 17.1 Å². The first-order valence-electron chi connectivity index (χ1n) is 7.65. The fourth-order valence-corrected chi connectivity index (χ4v) is 2.14. The second-order valence-electron chi connectivity index (χ2n) is 5.22. The first kappa shape index (κ1) is 19.4. The van der Waals surface area contributed by atoms with Crippen LogP contribution in [0.1, 0.15) is 15.9 Å². The van der Waals surface area contributed by atoms with Gasteiger partial charge < -0.3 is 15.4 Å². The van der Waals surface area contributed by atoms with Crippen molar-refractivity contribution in [1.82, 2.24) is 10.6 Å². The SMILES string of the molecule is O=C(COC(=O)CNC(=O)c1ccc(F)cc1)NCc1ccccc1Cl. The lowest BCUT2D eigenvalue weighted by Gasteiger charge is -2.08. The molecule has 0 spiro atoms. The van der Waals surface area contributed by atoms with Gasteiger partial charge in [0.05, 0.1) is 0 Å². The fourth-order valence-electron chi connectivity index (χ4n) is 1.94. The molecule has 6 nitrogen and oxygen atoms in total. The number of benzene rings is 2. The largest absolute Gasteiger partial charge is 0.454 e. The van der Waals surface area contributed by atoms with E-state index in [1.165, 1.54) is 12.1 Å². The van der Waals surface area contributed by atoms with Crippen LogP contribution >= 0.6 is 11.6 Å². The zero-order valence-electron chi connectivity index (χ0n) is 13.6. The van der Waals surface area contributed by atoms with Crippen LogP contribution in [0.3, 0.4) is 0 Å². The number of rotatable bonds is 7. The minimum Gasteiger partial charge on any atom is -0.454 e. The average Bonchev–Trinajstić information content (AvgIpc) is 2.64. The van der Waals surface area contributed by atoms with Gasteiger partial charge in [-0.05, 0) is 35.9 Å². The van der Waals surface area contributed by atoms with Crippen LogP contribution in [0.5, 0.6) is 0 Å². The Hall–Kier alpha value is -2.93. The molecule has 0 saturated carbocycles. The number of nitrogens with one attached hydrogen (secondary N) is 2. The molecule has 0 unspecified atom stereocenters. The molecular weight excluding hydrogens is 363 g/mol. The fraction of sp³-hybridized carbons (Fsp3) is 0.167. The first-order valence-corrected chi connectivity index (χ1v) is 8.03. The Bertz CT molecular complexity index is 796. The number of ether oxygens (including phenoxy) is 1. The minimum atomic E-state index is -0.770. The second kappa shape index (κ2) is 9.53. The van der Waals surface area contributed by atoms with Crippen molar-refractivity contribution in [1.29, 1.82) is 0 Å². The second-order valence-corrected chi connectivity index (χ2v) is 5.63. The Kier molecular flexibility index (Phi) is 7.11. The standard InChI is InChI=1S/C18H16ClFN2O4/c19-15-4-2-1-3-13(15)9-21-16(23)11-26-17(24)10-22-18(25)12-5-7-14(20)8-6-12/h1-8H,9-11H2,(H,21,23)(H,22,25). The highest BCUT2D eigenvalue weighted by Gasteiger charge is 2.11. The molecule has 2 N–H and O–H groups in total. The number of hydrogen-bond donors (Lipinski definition) is 2. The summed E-state index contributed by atoms with van der Waals surface area (Å²) in [5.74, 6) is -2.29. The van der Waals surface area contributed by atoms with E-state index in [-0.39, 0.29) is 12.1 Å². The summed E-state index contributed by atoms with van der Waals surface area (Å²) < 4.78 is 17.6. The highest BCUT2D eigenvalue weighted by atomic mass is 35.5. The maximum atomic E-state index is 12.8. The van der Waals surface area contributed by atoms with Crippen LogP contribution in [-0.2, 0) is 20.9 Å². The molecule has 8 heteroatoms. The van der Waals surface area contributed by atoms with Crippen LogP contribution in [0.4, 0.5) is 4.39 Å². The third-order valence-electron chi connectivity index (χ3n) is 3.30. The van der Waals surface area contributed by atoms with E-state index in [1.54, 1.807) is 24.3 Å². The van der Waals surface area contributed by atoms with E-state index in [0.29, 0.717) is 5.02 Å². The normalized spacial score (nSPS) is 10.1. The van der Waals surface area contributed by atoms with Crippen molar-refractivity contribution in [2.75, 3.05) is 13.2 Å². The number of carbonyl (C=O) groups is 3. The predicted octanol–water partition coefficient (Wildman–Crippen LogP) is 2.07. The van der Waals surface area contributed by atoms with Crippen molar-refractivity contribution >= 4 is 29.4 Å². The van der Waals surface area contributed by atoms with Gasteiger partial charge in [-0.1, -0.05) is 29.8 Å². The van der Waals surface area contributed by atoms with E-state index in [4.69, 9.17) is 16.3 Å². The molecule has 0 fully saturated rings. The first-order chi connectivity index (χ1) is 12.5. The van der Waals surface area contributed by atoms with E-state index in [9.17, 15) is 18.8 Å². The molecule has 2 aromatic carbocycles. The molecule has 0 radical (unpaired) electrons. The van der Waals surface area contributed by atoms with Crippen molar-refractivity contribution in [3.05, 3.63) is 70.5 Å². The molecular formula is C18H16ClFN2O4. The number of halogens is 2. The van der Waals surface area contributed by atoms with Gasteiger partial charge in [0.2, 0.25) is 0 Å². The van der Waals surface area contributed by atoms with Crippen molar-refractivity contribution in [3.63, 3.8) is 0 Å². The molecule has 0 aliphatic rings. The zero-order valence-corrected chi connectivity index (χ0v) is 14.4. The summed E-state index contributed by atoms with van der Waals surface area (Å²) in [6.45, 7) is -0.679. The van der Waals surface area contributed by atoms with Crippen molar-refractivity contribution in [2.24, 2.45) is 0 Å². The lowest BCUT2D eigenvalue weighted by molar-refractivity contribution is -0.147. The Labute approximate surface area is 154 Å². The molecule has 2 rings (SSSR count). The van der Waals surface area contributed by atoms with Crippen LogP contribution in [0, 0.1) is 5.82 Å². The van der Waals surface area contributed by atoms with E-state index >= 15 is 0 Å². The van der Waals surface area contributed by atoms with Gasteiger partial charge in [0.25, 0.3) is 11.8 Å². The summed E-state index contributed by atoms with van der Waals surface area (Å²) in [7, 11) is 0. The molecule has 0 aromatic heterocycles. The van der Waals surface area contributed by atoms with E-state index in [0.717, 1.165) is 17.7 Å². The van der Waals surface area contributed by atoms with Gasteiger partial charge in [-0.15, -0.1) is 0 Å². The van der Waals surface area contributed by atoms with E-state index in [2.05, 4.69) is 10.6 Å². The highest BCUT2D eigenvalue weighted by molar-refractivity contribution is 6.31. The monoisotopic (exact) mass is 378 g/mol. The van der Waals surface area contributed by atoms with E-state index < -0.39 is 36.8 Å². The number of esters is 1. The lowest BCUT2D eigenvalue weighted by atomic mass is 10.2. The van der Waals surface area contributed by atoms with Crippen LogP contribution in [0.25, 0.3) is 0 Å². The molecule has 0 aliphatic heterocycles. The maximum absolute atomic E-state index is 12.8. The van der Waals surface area contributed by atoms with Gasteiger partial charge in [-0.25, -0.2) is 4.39 Å². The molecule has 2 aromatic rings. The molecule has 0 atom stereocenters. The van der Waals surface area contributed by atoms with E-state index in [1.807, 2.05) is 0 Å². The van der Waals surface area contributed by atoms with Gasteiger partial charge in [0.15, 0.2) is 6.61 Å². The van der Waals surface area contributed by atoms with Gasteiger partial charge >= 0.3 is 5.97 Å². The van der Waals surface area contributed by atoms with Crippen molar-refractivity contribution in [3.8, 4) is 0 Å². The third kappa shape index (κ3) is 6.18. The summed E-state index contributed by atoms with van der Waals surface area (Å²) in [5, 5.41) is 5.41. The smallest absolute Gasteiger partial charge is 0.325 e. The van der Waals surface area contributed by atoms with Crippen LogP contribution in [-0.4, -0.2) is 30.9 Å². The number of carbonyl (C=O) groups excluding carboxylic acids is 3. The Morgan fingerprint density at radius 3 is 2.38 bits per heavy atom. The number of hydrogen-bond acceptors (Lipinski definition) is 4.